The van der Waals surface area contributed by atoms with Crippen LogP contribution in [0.25, 0.3) is 0 Å². The van der Waals surface area contributed by atoms with Gasteiger partial charge in [-0.1, -0.05) is 30.3 Å². The van der Waals surface area contributed by atoms with E-state index >= 15 is 0 Å². The van der Waals surface area contributed by atoms with Crippen molar-refractivity contribution in [1.29, 1.82) is 0 Å². The van der Waals surface area contributed by atoms with Gasteiger partial charge in [0.05, 0.1) is 17.5 Å². The molecular weight excluding hydrogens is 368 g/mol. The lowest BCUT2D eigenvalue weighted by atomic mass is 10.2. The van der Waals surface area contributed by atoms with Crippen LogP contribution in [0.2, 0.25) is 0 Å². The van der Waals surface area contributed by atoms with E-state index in [-0.39, 0.29) is 17.5 Å². The molecule has 0 fully saturated rings. The zero-order valence-electron chi connectivity index (χ0n) is 14.6. The third-order valence-electron chi connectivity index (χ3n) is 3.56. The second-order valence-electron chi connectivity index (χ2n) is 5.95. The van der Waals surface area contributed by atoms with Crippen LogP contribution in [0.3, 0.4) is 0 Å². The largest absolute Gasteiger partial charge is 0.491 e. The topological polar surface area (TPSA) is 59.5 Å². The molecule has 0 saturated heterocycles. The lowest BCUT2D eigenvalue weighted by Crippen LogP contribution is -2.30. The van der Waals surface area contributed by atoms with E-state index in [1.807, 2.05) is 38.1 Å². The third-order valence-corrected chi connectivity index (χ3v) is 6.22. The van der Waals surface area contributed by atoms with Gasteiger partial charge in [-0.05, 0) is 43.7 Å². The van der Waals surface area contributed by atoms with Crippen LogP contribution in [-0.4, -0.2) is 19.5 Å². The summed E-state index contributed by atoms with van der Waals surface area (Å²) in [4.78, 5) is 4.45. The minimum absolute atomic E-state index is 0.0494. The number of ether oxygens (including phenoxy) is 1. The van der Waals surface area contributed by atoms with Crippen molar-refractivity contribution in [3.05, 3.63) is 71.7 Å². The highest BCUT2D eigenvalue weighted by Crippen LogP contribution is 2.28. The molecule has 3 rings (SSSR count). The molecule has 0 atom stereocenters. The predicted molar refractivity (Wildman–Crippen MR) is 104 cm³/mol. The molecule has 1 heterocycles. The van der Waals surface area contributed by atoms with Gasteiger partial charge in [0, 0.05) is 11.6 Å². The molecule has 26 heavy (non-hydrogen) atoms. The number of hydrogen-bond acceptors (Lipinski definition) is 5. The first-order valence-corrected chi connectivity index (χ1v) is 10.5. The molecule has 5 nitrogen and oxygen atoms in total. The van der Waals surface area contributed by atoms with E-state index in [0.29, 0.717) is 10.9 Å². The molecule has 0 spiro atoms. The lowest BCUT2D eigenvalue weighted by molar-refractivity contribution is 0.242. The van der Waals surface area contributed by atoms with Crippen LogP contribution in [0.15, 0.2) is 71.1 Å². The molecule has 0 aliphatic heterocycles. The van der Waals surface area contributed by atoms with Gasteiger partial charge in [-0.2, -0.15) is 0 Å². The maximum absolute atomic E-state index is 13.2. The summed E-state index contributed by atoms with van der Waals surface area (Å²) in [6, 6.07) is 15.9. The normalized spacial score (nSPS) is 11.5. The van der Waals surface area contributed by atoms with Gasteiger partial charge in [-0.25, -0.2) is 17.7 Å². The Balaban J connectivity index is 1.96. The van der Waals surface area contributed by atoms with Gasteiger partial charge in [-0.15, -0.1) is 11.3 Å². The van der Waals surface area contributed by atoms with Crippen LogP contribution in [-0.2, 0) is 16.6 Å². The highest BCUT2D eigenvalue weighted by atomic mass is 32.2. The molecular formula is C19H20N2O3S2. The highest BCUT2D eigenvalue weighted by molar-refractivity contribution is 7.93. The molecule has 3 aromatic rings. The Morgan fingerprint density at radius 2 is 1.88 bits per heavy atom. The van der Waals surface area contributed by atoms with E-state index in [1.165, 1.54) is 15.6 Å². The van der Waals surface area contributed by atoms with Gasteiger partial charge < -0.3 is 4.74 Å². The quantitative estimate of drug-likeness (QED) is 0.605. The van der Waals surface area contributed by atoms with Gasteiger partial charge in [0.15, 0.2) is 5.13 Å². The molecule has 136 valence electrons. The molecule has 0 aliphatic rings. The van der Waals surface area contributed by atoms with E-state index in [0.717, 1.165) is 5.56 Å². The SMILES string of the molecule is CC(C)Oc1cccc(CN(c2nccs2)S(=O)(=O)c2ccccc2)c1. The fourth-order valence-electron chi connectivity index (χ4n) is 2.47. The van der Waals surface area contributed by atoms with Gasteiger partial charge >= 0.3 is 0 Å². The fraction of sp³-hybridized carbons (Fsp3) is 0.211. The van der Waals surface area contributed by atoms with E-state index in [1.54, 1.807) is 41.9 Å². The summed E-state index contributed by atoms with van der Waals surface area (Å²) >= 11 is 1.29. The van der Waals surface area contributed by atoms with Crippen LogP contribution in [0.1, 0.15) is 19.4 Å². The van der Waals surface area contributed by atoms with Crippen LogP contribution in [0.4, 0.5) is 5.13 Å². The first kappa shape index (κ1) is 18.4. The Labute approximate surface area is 157 Å². The Morgan fingerprint density at radius 1 is 1.12 bits per heavy atom. The summed E-state index contributed by atoms with van der Waals surface area (Å²) in [5.41, 5.74) is 0.831. The van der Waals surface area contributed by atoms with E-state index in [9.17, 15) is 8.42 Å². The summed E-state index contributed by atoms with van der Waals surface area (Å²) in [5.74, 6) is 0.716. The molecule has 0 radical (unpaired) electrons. The van der Waals surface area contributed by atoms with Crippen LogP contribution in [0.5, 0.6) is 5.75 Å². The Morgan fingerprint density at radius 3 is 2.54 bits per heavy atom. The third kappa shape index (κ3) is 4.23. The molecule has 0 saturated carbocycles. The average Bonchev–Trinajstić information content (AvgIpc) is 3.14. The average molecular weight is 389 g/mol. The predicted octanol–water partition coefficient (Wildman–Crippen LogP) is 4.33. The van der Waals surface area contributed by atoms with Crippen LogP contribution in [0, 0.1) is 0 Å². The number of aromatic nitrogens is 1. The van der Waals surface area contributed by atoms with Crippen molar-refractivity contribution in [3.8, 4) is 5.75 Å². The van der Waals surface area contributed by atoms with Gasteiger partial charge in [0.1, 0.15) is 5.75 Å². The summed E-state index contributed by atoms with van der Waals surface area (Å²) in [7, 11) is -3.72. The van der Waals surface area contributed by atoms with Gasteiger partial charge in [-0.3, -0.25) is 0 Å². The molecule has 0 aliphatic carbocycles. The van der Waals surface area contributed by atoms with Crippen LogP contribution < -0.4 is 9.04 Å². The van der Waals surface area contributed by atoms with Crippen molar-refractivity contribution in [2.24, 2.45) is 0 Å². The molecule has 0 unspecified atom stereocenters. The smallest absolute Gasteiger partial charge is 0.266 e. The second-order valence-corrected chi connectivity index (χ2v) is 8.69. The Kier molecular flexibility index (Phi) is 5.58. The summed E-state index contributed by atoms with van der Waals surface area (Å²) in [6.45, 7) is 4.09. The van der Waals surface area contributed by atoms with E-state index in [4.69, 9.17) is 4.74 Å². The minimum atomic E-state index is -3.72. The molecule has 1 aromatic heterocycles. The zero-order chi connectivity index (χ0) is 18.6. The molecule has 0 N–H and O–H groups in total. The maximum Gasteiger partial charge on any atom is 0.266 e. The van der Waals surface area contributed by atoms with Crippen LogP contribution >= 0.6 is 11.3 Å². The summed E-state index contributed by atoms with van der Waals surface area (Å²) in [5, 5.41) is 2.20. The standard InChI is InChI=1S/C19H20N2O3S2/c1-15(2)24-17-8-6-7-16(13-17)14-21(19-20-11-12-25-19)26(22,23)18-9-4-3-5-10-18/h3-13,15H,14H2,1-2H3. The molecule has 0 bridgehead atoms. The van der Waals surface area contributed by atoms with E-state index in [2.05, 4.69) is 4.98 Å². The first-order chi connectivity index (χ1) is 12.5. The number of sulfonamides is 1. The maximum atomic E-state index is 13.2. The lowest BCUT2D eigenvalue weighted by Gasteiger charge is -2.22. The number of nitrogens with zero attached hydrogens (tertiary/aromatic N) is 2. The van der Waals surface area contributed by atoms with Crippen molar-refractivity contribution >= 4 is 26.5 Å². The molecule has 2 aromatic carbocycles. The van der Waals surface area contributed by atoms with Crippen molar-refractivity contribution in [3.63, 3.8) is 0 Å². The Hall–Kier alpha value is -2.38. The van der Waals surface area contributed by atoms with Gasteiger partial charge in [0.25, 0.3) is 10.0 Å². The zero-order valence-corrected chi connectivity index (χ0v) is 16.2. The summed E-state index contributed by atoms with van der Waals surface area (Å²) in [6.07, 6.45) is 1.65. The van der Waals surface area contributed by atoms with Crippen molar-refractivity contribution in [1.82, 2.24) is 4.98 Å². The Bertz CT molecular complexity index is 940. The number of anilines is 1. The van der Waals surface area contributed by atoms with Gasteiger partial charge in [0.2, 0.25) is 0 Å². The number of thiazole rings is 1. The van der Waals surface area contributed by atoms with Crippen molar-refractivity contribution in [2.45, 2.75) is 31.4 Å². The van der Waals surface area contributed by atoms with Crippen molar-refractivity contribution in [2.75, 3.05) is 4.31 Å². The number of benzene rings is 2. The second kappa shape index (κ2) is 7.88. The number of hydrogen-bond donors (Lipinski definition) is 0. The fourth-order valence-corrected chi connectivity index (χ4v) is 4.77. The number of rotatable bonds is 7. The van der Waals surface area contributed by atoms with Crippen molar-refractivity contribution < 1.29 is 13.2 Å². The monoisotopic (exact) mass is 388 g/mol. The first-order valence-electron chi connectivity index (χ1n) is 8.19. The highest BCUT2D eigenvalue weighted by Gasteiger charge is 2.27. The molecule has 7 heteroatoms. The summed E-state index contributed by atoms with van der Waals surface area (Å²) < 4.78 is 33.4. The van der Waals surface area contributed by atoms with E-state index < -0.39 is 10.0 Å². The minimum Gasteiger partial charge on any atom is -0.491 e. The molecule has 0 amide bonds.